The quantitative estimate of drug-likeness (QED) is 0.291. The smallest absolute Gasteiger partial charge is 0.223 e. The molecule has 134 valence electrons. The number of nitrogens with zero attached hydrogens (tertiary/aromatic N) is 2. The van der Waals surface area contributed by atoms with E-state index in [2.05, 4.69) is 15.6 Å². The maximum absolute atomic E-state index is 11.6. The van der Waals surface area contributed by atoms with Crippen molar-refractivity contribution in [2.45, 2.75) is 19.4 Å². The first-order valence-corrected chi connectivity index (χ1v) is 7.96. The molecule has 1 amide bonds. The van der Waals surface area contributed by atoms with E-state index < -0.39 is 0 Å². The Bertz CT molecular complexity index is 544. The first-order chi connectivity index (χ1) is 11.1. The number of carbonyl (C=O) groups excluding carboxylic acids is 1. The summed E-state index contributed by atoms with van der Waals surface area (Å²) < 4.78 is 5.16. The number of nitrogens with one attached hydrogen (secondary N) is 2. The van der Waals surface area contributed by atoms with Crippen LogP contribution in [0.15, 0.2) is 29.3 Å². The number of rotatable bonds is 7. The Morgan fingerprint density at radius 3 is 2.42 bits per heavy atom. The summed E-state index contributed by atoms with van der Waals surface area (Å²) in [6.07, 6.45) is 2.07. The average molecular weight is 446 g/mol. The van der Waals surface area contributed by atoms with Crippen LogP contribution in [0.3, 0.4) is 0 Å². The Hall–Kier alpha value is -1.51. The van der Waals surface area contributed by atoms with Gasteiger partial charge in [0.15, 0.2) is 5.96 Å². The van der Waals surface area contributed by atoms with Crippen LogP contribution < -0.4 is 15.4 Å². The van der Waals surface area contributed by atoms with Crippen molar-refractivity contribution in [1.29, 1.82) is 0 Å². The normalized spacial score (nSPS) is 13.7. The summed E-state index contributed by atoms with van der Waals surface area (Å²) in [5, 5.41) is 6.20. The van der Waals surface area contributed by atoms with Crippen molar-refractivity contribution in [3.63, 3.8) is 0 Å². The van der Waals surface area contributed by atoms with E-state index in [1.165, 1.54) is 5.56 Å². The number of ether oxygens (including phenoxy) is 1. The summed E-state index contributed by atoms with van der Waals surface area (Å²) in [6.45, 7) is 2.03. The maximum atomic E-state index is 11.6. The lowest BCUT2D eigenvalue weighted by atomic mass is 10.2. The molecular weight excluding hydrogens is 419 g/mol. The number of hydrogen-bond donors (Lipinski definition) is 2. The Kier molecular flexibility index (Phi) is 8.88. The Morgan fingerprint density at radius 1 is 1.25 bits per heavy atom. The van der Waals surface area contributed by atoms with Crippen LogP contribution in [-0.4, -0.2) is 51.1 Å². The molecule has 1 aliphatic rings. The number of hydrogen-bond acceptors (Lipinski definition) is 3. The van der Waals surface area contributed by atoms with E-state index in [1.807, 2.05) is 36.2 Å². The molecule has 1 saturated carbocycles. The lowest BCUT2D eigenvalue weighted by molar-refractivity contribution is -0.122. The SMILES string of the molecule is CN=C(NCCNC(=O)C1CC1)N(C)Cc1ccc(OC)cc1.I. The van der Waals surface area contributed by atoms with Gasteiger partial charge in [0.25, 0.3) is 0 Å². The number of halogens is 1. The molecule has 1 aliphatic carbocycles. The topological polar surface area (TPSA) is 66.0 Å². The van der Waals surface area contributed by atoms with Gasteiger partial charge in [0, 0.05) is 39.6 Å². The third kappa shape index (κ3) is 6.54. The van der Waals surface area contributed by atoms with Crippen molar-refractivity contribution < 1.29 is 9.53 Å². The van der Waals surface area contributed by atoms with Crippen LogP contribution in [0, 0.1) is 5.92 Å². The average Bonchev–Trinajstić information content (AvgIpc) is 3.40. The fraction of sp³-hybridized carbons (Fsp3) is 0.529. The summed E-state index contributed by atoms with van der Waals surface area (Å²) in [5.74, 6) is 2.09. The molecule has 1 fully saturated rings. The second kappa shape index (κ2) is 10.4. The van der Waals surface area contributed by atoms with Gasteiger partial charge in [-0.1, -0.05) is 12.1 Å². The molecule has 0 atom stereocenters. The third-order valence-corrected chi connectivity index (χ3v) is 3.81. The van der Waals surface area contributed by atoms with E-state index in [0.717, 1.165) is 31.1 Å². The fourth-order valence-corrected chi connectivity index (χ4v) is 2.31. The molecule has 2 rings (SSSR count). The van der Waals surface area contributed by atoms with Crippen LogP contribution in [0.1, 0.15) is 18.4 Å². The molecular formula is C17H27IN4O2. The van der Waals surface area contributed by atoms with Crippen LogP contribution >= 0.6 is 24.0 Å². The Labute approximate surface area is 161 Å². The molecule has 2 N–H and O–H groups in total. The lowest BCUT2D eigenvalue weighted by Crippen LogP contribution is -2.42. The molecule has 24 heavy (non-hydrogen) atoms. The van der Waals surface area contributed by atoms with E-state index in [9.17, 15) is 4.79 Å². The second-order valence-electron chi connectivity index (χ2n) is 5.74. The van der Waals surface area contributed by atoms with E-state index in [4.69, 9.17) is 4.74 Å². The molecule has 0 saturated heterocycles. The van der Waals surface area contributed by atoms with Crippen LogP contribution in [0.4, 0.5) is 0 Å². The number of methoxy groups -OCH3 is 1. The van der Waals surface area contributed by atoms with Crippen LogP contribution in [0.5, 0.6) is 5.75 Å². The number of benzene rings is 1. The molecule has 1 aromatic carbocycles. The van der Waals surface area contributed by atoms with Gasteiger partial charge in [0.05, 0.1) is 7.11 Å². The lowest BCUT2D eigenvalue weighted by Gasteiger charge is -2.22. The van der Waals surface area contributed by atoms with E-state index >= 15 is 0 Å². The first-order valence-electron chi connectivity index (χ1n) is 7.96. The highest BCUT2D eigenvalue weighted by Crippen LogP contribution is 2.28. The van der Waals surface area contributed by atoms with E-state index in [-0.39, 0.29) is 35.8 Å². The van der Waals surface area contributed by atoms with Gasteiger partial charge in [0.1, 0.15) is 5.75 Å². The van der Waals surface area contributed by atoms with Crippen molar-refractivity contribution in [1.82, 2.24) is 15.5 Å². The molecule has 0 radical (unpaired) electrons. The van der Waals surface area contributed by atoms with E-state index in [1.54, 1.807) is 14.2 Å². The van der Waals surface area contributed by atoms with Gasteiger partial charge in [-0.05, 0) is 30.5 Å². The largest absolute Gasteiger partial charge is 0.497 e. The van der Waals surface area contributed by atoms with Crippen molar-refractivity contribution in [3.05, 3.63) is 29.8 Å². The summed E-state index contributed by atoms with van der Waals surface area (Å²) in [4.78, 5) is 17.9. The van der Waals surface area contributed by atoms with Crippen molar-refractivity contribution in [2.75, 3.05) is 34.3 Å². The van der Waals surface area contributed by atoms with Gasteiger partial charge in [-0.3, -0.25) is 9.79 Å². The van der Waals surface area contributed by atoms with Crippen LogP contribution in [-0.2, 0) is 11.3 Å². The van der Waals surface area contributed by atoms with Gasteiger partial charge in [0.2, 0.25) is 5.91 Å². The van der Waals surface area contributed by atoms with Gasteiger partial charge < -0.3 is 20.3 Å². The van der Waals surface area contributed by atoms with E-state index in [0.29, 0.717) is 13.1 Å². The molecule has 0 heterocycles. The third-order valence-electron chi connectivity index (χ3n) is 3.81. The molecule has 0 aromatic heterocycles. The molecule has 1 aromatic rings. The molecule has 0 bridgehead atoms. The summed E-state index contributed by atoms with van der Waals surface area (Å²) in [5.41, 5.74) is 1.18. The van der Waals surface area contributed by atoms with Crippen molar-refractivity contribution in [3.8, 4) is 5.75 Å². The number of carbonyl (C=O) groups is 1. The number of guanidine groups is 1. The fourth-order valence-electron chi connectivity index (χ4n) is 2.31. The zero-order valence-corrected chi connectivity index (χ0v) is 16.9. The Balaban J connectivity index is 0.00000288. The highest BCUT2D eigenvalue weighted by molar-refractivity contribution is 14.0. The summed E-state index contributed by atoms with van der Waals surface area (Å²) in [6, 6.07) is 7.98. The minimum Gasteiger partial charge on any atom is -0.497 e. The van der Waals surface area contributed by atoms with Crippen molar-refractivity contribution in [2.24, 2.45) is 10.9 Å². The van der Waals surface area contributed by atoms with Crippen molar-refractivity contribution >= 4 is 35.8 Å². The zero-order chi connectivity index (χ0) is 16.7. The molecule has 7 heteroatoms. The molecule has 0 spiro atoms. The van der Waals surface area contributed by atoms with Gasteiger partial charge in [-0.25, -0.2) is 0 Å². The minimum atomic E-state index is 0. The molecule has 0 aliphatic heterocycles. The number of amides is 1. The highest BCUT2D eigenvalue weighted by Gasteiger charge is 2.28. The monoisotopic (exact) mass is 446 g/mol. The van der Waals surface area contributed by atoms with Gasteiger partial charge >= 0.3 is 0 Å². The summed E-state index contributed by atoms with van der Waals surface area (Å²) in [7, 11) is 5.41. The number of aliphatic imine (C=N–C) groups is 1. The van der Waals surface area contributed by atoms with Gasteiger partial charge in [-0.15, -0.1) is 24.0 Å². The molecule has 0 unspecified atom stereocenters. The Morgan fingerprint density at radius 2 is 1.88 bits per heavy atom. The predicted octanol–water partition coefficient (Wildman–Crippen LogP) is 1.85. The molecule has 6 nitrogen and oxygen atoms in total. The zero-order valence-electron chi connectivity index (χ0n) is 14.5. The predicted molar refractivity (Wildman–Crippen MR) is 107 cm³/mol. The minimum absolute atomic E-state index is 0. The first kappa shape index (κ1) is 20.5. The summed E-state index contributed by atoms with van der Waals surface area (Å²) >= 11 is 0. The standard InChI is InChI=1S/C17H26N4O2.HI/c1-18-17(20-11-10-19-16(22)14-6-7-14)21(2)12-13-4-8-15(23-3)9-5-13;/h4-5,8-9,14H,6-7,10-12H2,1-3H3,(H,18,20)(H,19,22);1H. The maximum Gasteiger partial charge on any atom is 0.223 e. The highest BCUT2D eigenvalue weighted by atomic mass is 127. The second-order valence-corrected chi connectivity index (χ2v) is 5.74. The van der Waals surface area contributed by atoms with Crippen LogP contribution in [0.25, 0.3) is 0 Å². The van der Waals surface area contributed by atoms with Gasteiger partial charge in [-0.2, -0.15) is 0 Å². The van der Waals surface area contributed by atoms with Crippen LogP contribution in [0.2, 0.25) is 0 Å².